The number of methoxy groups -OCH3 is 2. The van der Waals surface area contributed by atoms with Crippen molar-refractivity contribution in [3.05, 3.63) is 77.6 Å². The van der Waals surface area contributed by atoms with Crippen molar-refractivity contribution < 1.29 is 48.0 Å². The zero-order chi connectivity index (χ0) is 34.2. The van der Waals surface area contributed by atoms with Gasteiger partial charge in [0, 0.05) is 17.4 Å². The molecule has 2 amide bonds. The summed E-state index contributed by atoms with van der Waals surface area (Å²) >= 11 is 0. The van der Waals surface area contributed by atoms with E-state index < -0.39 is 41.4 Å². The van der Waals surface area contributed by atoms with E-state index in [1.165, 1.54) is 17.7 Å². The maximum absolute atomic E-state index is 13.4. The van der Waals surface area contributed by atoms with Crippen LogP contribution in [0.3, 0.4) is 0 Å². The van der Waals surface area contributed by atoms with Crippen LogP contribution in [0.4, 0.5) is 9.59 Å². The molecule has 1 aromatic heterocycles. The molecule has 0 aliphatic heterocycles. The molecular weight excluding hydrogens is 596 g/mol. The fourth-order valence-corrected chi connectivity index (χ4v) is 4.47. The van der Waals surface area contributed by atoms with Gasteiger partial charge in [-0.3, -0.25) is 0 Å². The summed E-state index contributed by atoms with van der Waals surface area (Å²) in [4.78, 5) is 53.7. The Balaban J connectivity index is 2.05. The smallest absolute Gasteiger partial charge is 0.420 e. The molecule has 3 rings (SSSR count). The number of carbonyl (C=O) groups is 4. The van der Waals surface area contributed by atoms with Crippen LogP contribution in [-0.4, -0.2) is 70.2 Å². The first kappa shape index (κ1) is 35.5. The normalized spacial score (nSPS) is 12.1. The van der Waals surface area contributed by atoms with Crippen molar-refractivity contribution in [2.24, 2.45) is 0 Å². The van der Waals surface area contributed by atoms with E-state index in [1.807, 2.05) is 18.2 Å². The van der Waals surface area contributed by atoms with Gasteiger partial charge in [0.2, 0.25) is 0 Å². The highest BCUT2D eigenvalue weighted by atomic mass is 16.6. The number of hydrogen-bond acceptors (Lipinski definition) is 10. The molecule has 0 aliphatic carbocycles. The van der Waals surface area contributed by atoms with Crippen LogP contribution in [0, 0.1) is 0 Å². The van der Waals surface area contributed by atoms with E-state index in [9.17, 15) is 24.3 Å². The molecule has 0 saturated heterocycles. The highest BCUT2D eigenvalue weighted by Gasteiger charge is 2.41. The van der Waals surface area contributed by atoms with Gasteiger partial charge in [-0.25, -0.2) is 19.2 Å². The van der Waals surface area contributed by atoms with Crippen LogP contribution in [0.1, 0.15) is 69.7 Å². The number of esters is 2. The van der Waals surface area contributed by atoms with Crippen molar-refractivity contribution >= 4 is 24.1 Å². The number of carbonyl (C=O) groups excluding carboxylic acids is 4. The third-order valence-electron chi connectivity index (χ3n) is 6.43. The Kier molecular flexibility index (Phi) is 11.5. The molecule has 1 N–H and O–H groups in total. The molecule has 1 heterocycles. The van der Waals surface area contributed by atoms with Crippen molar-refractivity contribution in [3.8, 4) is 17.2 Å². The number of ether oxygens (including phenoxy) is 5. The molecule has 0 aliphatic rings. The second-order valence-electron chi connectivity index (χ2n) is 12.4. The van der Waals surface area contributed by atoms with E-state index in [0.29, 0.717) is 22.0 Å². The van der Waals surface area contributed by atoms with Gasteiger partial charge < -0.3 is 33.4 Å². The van der Waals surface area contributed by atoms with Gasteiger partial charge in [-0.05, 0) is 84.2 Å². The number of aromatic hydroxyl groups is 1. The van der Waals surface area contributed by atoms with Gasteiger partial charge in [-0.1, -0.05) is 30.3 Å². The Hall–Kier alpha value is -5.00. The molecule has 46 heavy (non-hydrogen) atoms. The van der Waals surface area contributed by atoms with Crippen LogP contribution in [0.15, 0.2) is 60.7 Å². The van der Waals surface area contributed by atoms with E-state index in [1.54, 1.807) is 77.9 Å². The van der Waals surface area contributed by atoms with Gasteiger partial charge >= 0.3 is 24.1 Å². The average molecular weight is 639 g/mol. The summed E-state index contributed by atoms with van der Waals surface area (Å²) < 4.78 is 28.2. The first-order chi connectivity index (χ1) is 21.5. The van der Waals surface area contributed by atoms with Crippen LogP contribution in [0.25, 0.3) is 5.69 Å². The summed E-state index contributed by atoms with van der Waals surface area (Å²) in [5.74, 6) is -1.50. The lowest BCUT2D eigenvalue weighted by Gasteiger charge is -2.32. The summed E-state index contributed by atoms with van der Waals surface area (Å²) in [6, 6.07) is 15.7. The van der Waals surface area contributed by atoms with Gasteiger partial charge in [-0.2, -0.15) is 4.90 Å². The van der Waals surface area contributed by atoms with Crippen molar-refractivity contribution in [2.45, 2.75) is 78.2 Å². The van der Waals surface area contributed by atoms with Crippen molar-refractivity contribution in [1.29, 1.82) is 0 Å². The molecule has 0 saturated carbocycles. The predicted octanol–water partition coefficient (Wildman–Crippen LogP) is 6.19. The largest absolute Gasteiger partial charge is 0.505 e. The minimum Gasteiger partial charge on any atom is -0.505 e. The summed E-state index contributed by atoms with van der Waals surface area (Å²) in [7, 11) is 2.65. The number of aromatic nitrogens is 1. The van der Waals surface area contributed by atoms with E-state index >= 15 is 0 Å². The zero-order valence-electron chi connectivity index (χ0n) is 27.5. The quantitative estimate of drug-likeness (QED) is 0.202. The summed E-state index contributed by atoms with van der Waals surface area (Å²) in [6.45, 7) is 9.68. The molecule has 0 unspecified atom stereocenters. The first-order valence-corrected chi connectivity index (χ1v) is 14.7. The molecule has 12 heteroatoms. The number of benzene rings is 2. The van der Waals surface area contributed by atoms with Crippen LogP contribution in [-0.2, 0) is 36.8 Å². The Morgan fingerprint density at radius 2 is 1.41 bits per heavy atom. The van der Waals surface area contributed by atoms with E-state index in [4.69, 9.17) is 23.7 Å². The van der Waals surface area contributed by atoms with Crippen LogP contribution >= 0.6 is 0 Å². The summed E-state index contributed by atoms with van der Waals surface area (Å²) in [5, 5.41) is 11.0. The van der Waals surface area contributed by atoms with Crippen LogP contribution in [0.5, 0.6) is 11.5 Å². The fourth-order valence-electron chi connectivity index (χ4n) is 4.47. The molecule has 3 aromatic rings. The second-order valence-corrected chi connectivity index (χ2v) is 12.4. The number of amides is 2. The van der Waals surface area contributed by atoms with Gasteiger partial charge in [0.15, 0.2) is 5.69 Å². The van der Waals surface area contributed by atoms with Gasteiger partial charge in [-0.15, -0.1) is 0 Å². The number of rotatable bonds is 10. The topological polar surface area (TPSA) is 143 Å². The minimum atomic E-state index is -1.48. The monoisotopic (exact) mass is 638 g/mol. The fraction of sp³-hybridized carbons (Fsp3) is 0.412. The Bertz CT molecular complexity index is 1490. The van der Waals surface area contributed by atoms with Crippen LogP contribution in [0.2, 0.25) is 0 Å². The Morgan fingerprint density at radius 3 is 1.91 bits per heavy atom. The van der Waals surface area contributed by atoms with Gasteiger partial charge in [0.05, 0.1) is 14.2 Å². The van der Waals surface area contributed by atoms with Gasteiger partial charge in [0.1, 0.15) is 35.3 Å². The molecular formula is C34H42N2O10. The molecule has 1 atom stereocenters. The summed E-state index contributed by atoms with van der Waals surface area (Å²) in [6.07, 6.45) is -2.40. The van der Waals surface area contributed by atoms with E-state index in [0.717, 1.165) is 12.7 Å². The standard InChI is InChI=1S/C34H42N2O10/c1-33(2,3)45-31(40)36(32(41)46-34(4,5)6)26(29(38)43-8)19-16-24-20-27(37)28(30(39)44-21-22-12-10-9-11-13-22)35(24)23-14-17-25(42-7)18-15-23/h9-15,17-18,20,26,37H,16,19,21H2,1-8H3/t26-/m0/s1. The predicted molar refractivity (Wildman–Crippen MR) is 168 cm³/mol. The molecule has 0 fully saturated rings. The molecule has 0 spiro atoms. The van der Waals surface area contributed by atoms with Gasteiger partial charge in [0.25, 0.3) is 0 Å². The minimum absolute atomic E-state index is 0.0204. The average Bonchev–Trinajstić information content (AvgIpc) is 3.31. The third-order valence-corrected chi connectivity index (χ3v) is 6.43. The molecule has 248 valence electrons. The maximum Gasteiger partial charge on any atom is 0.420 e. The van der Waals surface area contributed by atoms with Crippen molar-refractivity contribution in [3.63, 3.8) is 0 Å². The lowest BCUT2D eigenvalue weighted by molar-refractivity contribution is -0.147. The Morgan fingerprint density at radius 1 is 0.848 bits per heavy atom. The number of aryl methyl sites for hydroxylation is 1. The lowest BCUT2D eigenvalue weighted by Crippen LogP contribution is -2.52. The van der Waals surface area contributed by atoms with E-state index in [-0.39, 0.29) is 30.9 Å². The molecule has 0 radical (unpaired) electrons. The highest BCUT2D eigenvalue weighted by molar-refractivity contribution is 5.94. The maximum atomic E-state index is 13.4. The zero-order valence-corrected chi connectivity index (χ0v) is 27.5. The lowest BCUT2D eigenvalue weighted by atomic mass is 10.1. The summed E-state index contributed by atoms with van der Waals surface area (Å²) in [5.41, 5.74) is -0.542. The molecule has 0 bridgehead atoms. The van der Waals surface area contributed by atoms with Crippen molar-refractivity contribution in [1.82, 2.24) is 9.47 Å². The number of imide groups is 1. The number of hydrogen-bond donors (Lipinski definition) is 1. The first-order valence-electron chi connectivity index (χ1n) is 14.7. The third kappa shape index (κ3) is 9.50. The highest BCUT2D eigenvalue weighted by Crippen LogP contribution is 2.31. The molecule has 12 nitrogen and oxygen atoms in total. The molecule has 2 aromatic carbocycles. The van der Waals surface area contributed by atoms with Crippen LogP contribution < -0.4 is 4.74 Å². The van der Waals surface area contributed by atoms with E-state index in [2.05, 4.69) is 0 Å². The SMILES string of the molecule is COC(=O)[C@H](CCc1cc(O)c(C(=O)OCc2ccccc2)n1-c1ccc(OC)cc1)N(C(=O)OC(C)(C)C)C(=O)OC(C)(C)C. The second kappa shape index (κ2) is 14.9. The Labute approximate surface area is 268 Å². The number of nitrogens with zero attached hydrogens (tertiary/aromatic N) is 2. The van der Waals surface area contributed by atoms with Crippen molar-refractivity contribution in [2.75, 3.05) is 14.2 Å².